The van der Waals surface area contributed by atoms with Gasteiger partial charge in [-0.05, 0) is 12.1 Å². The number of benzene rings is 1. The summed E-state index contributed by atoms with van der Waals surface area (Å²) in [7, 11) is 0. The molecule has 106 valence electrons. The standard InChI is InChI=1S/C13H16N4O2S/c14-8(7-11(15)18)13(19)16-6-5-12-17-9-3-1-2-4-10(9)20-12/h1-4,8H,5-7,14H2,(H2,15,18)(H,16,19). The first-order valence-corrected chi connectivity index (χ1v) is 7.04. The summed E-state index contributed by atoms with van der Waals surface area (Å²) in [4.78, 5) is 26.7. The fraction of sp³-hybridized carbons (Fsp3) is 0.308. The van der Waals surface area contributed by atoms with Gasteiger partial charge in [-0.25, -0.2) is 4.98 Å². The summed E-state index contributed by atoms with van der Waals surface area (Å²) in [6.45, 7) is 0.436. The van der Waals surface area contributed by atoms with Gasteiger partial charge in [0.05, 0.1) is 27.7 Å². The van der Waals surface area contributed by atoms with Crippen molar-refractivity contribution in [2.24, 2.45) is 11.5 Å². The fourth-order valence-corrected chi connectivity index (χ4v) is 2.73. The highest BCUT2D eigenvalue weighted by Crippen LogP contribution is 2.21. The number of fused-ring (bicyclic) bond motifs is 1. The third-order valence-corrected chi connectivity index (χ3v) is 3.83. The Balaban J connectivity index is 1.83. The minimum absolute atomic E-state index is 0.146. The fourth-order valence-electron chi connectivity index (χ4n) is 1.76. The zero-order valence-electron chi connectivity index (χ0n) is 10.8. The molecule has 0 aliphatic carbocycles. The molecule has 2 rings (SSSR count). The van der Waals surface area contributed by atoms with Crippen LogP contribution in [0.4, 0.5) is 0 Å². The topological polar surface area (TPSA) is 111 Å². The van der Waals surface area contributed by atoms with Crippen LogP contribution in [0.2, 0.25) is 0 Å². The van der Waals surface area contributed by atoms with Crippen LogP contribution in [-0.2, 0) is 16.0 Å². The summed E-state index contributed by atoms with van der Waals surface area (Å²) in [5, 5.41) is 3.63. The smallest absolute Gasteiger partial charge is 0.237 e. The highest BCUT2D eigenvalue weighted by atomic mass is 32.1. The Hall–Kier alpha value is -1.99. The number of thiazole rings is 1. The maximum Gasteiger partial charge on any atom is 0.237 e. The Labute approximate surface area is 120 Å². The van der Waals surface area contributed by atoms with Crippen LogP contribution in [0.3, 0.4) is 0 Å². The molecule has 1 heterocycles. The van der Waals surface area contributed by atoms with E-state index in [-0.39, 0.29) is 12.3 Å². The van der Waals surface area contributed by atoms with E-state index in [2.05, 4.69) is 10.3 Å². The van der Waals surface area contributed by atoms with Gasteiger partial charge in [-0.15, -0.1) is 11.3 Å². The van der Waals surface area contributed by atoms with E-state index in [1.165, 1.54) is 0 Å². The number of carbonyl (C=O) groups excluding carboxylic acids is 2. The number of hydrogen-bond donors (Lipinski definition) is 3. The maximum absolute atomic E-state index is 11.6. The zero-order valence-corrected chi connectivity index (χ0v) is 11.7. The Morgan fingerprint density at radius 2 is 2.10 bits per heavy atom. The number of nitrogens with one attached hydrogen (secondary N) is 1. The number of nitrogens with zero attached hydrogens (tertiary/aromatic N) is 1. The van der Waals surface area contributed by atoms with E-state index in [1.807, 2.05) is 24.3 Å². The molecule has 6 nitrogen and oxygen atoms in total. The molecule has 0 bridgehead atoms. The lowest BCUT2D eigenvalue weighted by molar-refractivity contribution is -0.126. The molecule has 1 aromatic heterocycles. The molecule has 7 heteroatoms. The Morgan fingerprint density at radius 1 is 1.35 bits per heavy atom. The highest BCUT2D eigenvalue weighted by Gasteiger charge is 2.15. The number of hydrogen-bond acceptors (Lipinski definition) is 5. The Morgan fingerprint density at radius 3 is 2.80 bits per heavy atom. The lowest BCUT2D eigenvalue weighted by atomic mass is 10.2. The van der Waals surface area contributed by atoms with Crippen molar-refractivity contribution in [2.45, 2.75) is 18.9 Å². The summed E-state index contributed by atoms with van der Waals surface area (Å²) < 4.78 is 1.12. The normalized spacial score (nSPS) is 12.2. The Kier molecular flexibility index (Phi) is 4.65. The zero-order chi connectivity index (χ0) is 14.5. The summed E-state index contributed by atoms with van der Waals surface area (Å²) in [6, 6.07) is 6.99. The minimum atomic E-state index is -0.886. The molecule has 1 atom stereocenters. The lowest BCUT2D eigenvalue weighted by Gasteiger charge is -2.09. The molecular weight excluding hydrogens is 276 g/mol. The number of aromatic nitrogens is 1. The molecule has 1 aromatic carbocycles. The first-order chi connectivity index (χ1) is 9.56. The first-order valence-electron chi connectivity index (χ1n) is 6.22. The van der Waals surface area contributed by atoms with Gasteiger partial charge in [-0.3, -0.25) is 9.59 Å². The van der Waals surface area contributed by atoms with Gasteiger partial charge in [0.15, 0.2) is 0 Å². The number of rotatable bonds is 6. The average Bonchev–Trinajstić information content (AvgIpc) is 2.80. The van der Waals surface area contributed by atoms with Crippen molar-refractivity contribution in [3.63, 3.8) is 0 Å². The van der Waals surface area contributed by atoms with Crippen molar-refractivity contribution in [2.75, 3.05) is 6.54 Å². The lowest BCUT2D eigenvalue weighted by Crippen LogP contribution is -2.43. The molecular formula is C13H16N4O2S. The second-order valence-corrected chi connectivity index (χ2v) is 5.51. The number of amides is 2. The van der Waals surface area contributed by atoms with Crippen molar-refractivity contribution >= 4 is 33.4 Å². The van der Waals surface area contributed by atoms with Crippen molar-refractivity contribution in [3.8, 4) is 0 Å². The van der Waals surface area contributed by atoms with E-state index in [0.29, 0.717) is 13.0 Å². The number of carbonyl (C=O) groups is 2. The number of primary amides is 1. The van der Waals surface area contributed by atoms with Crippen LogP contribution in [0.25, 0.3) is 10.2 Å². The summed E-state index contributed by atoms with van der Waals surface area (Å²) in [5.74, 6) is -0.955. The molecule has 5 N–H and O–H groups in total. The maximum atomic E-state index is 11.6. The van der Waals surface area contributed by atoms with Gasteiger partial charge >= 0.3 is 0 Å². The van der Waals surface area contributed by atoms with Gasteiger partial charge < -0.3 is 16.8 Å². The van der Waals surface area contributed by atoms with E-state index in [9.17, 15) is 9.59 Å². The summed E-state index contributed by atoms with van der Waals surface area (Å²) in [5.41, 5.74) is 11.5. The van der Waals surface area contributed by atoms with Gasteiger partial charge in [0.2, 0.25) is 11.8 Å². The molecule has 0 spiro atoms. The number of nitrogens with two attached hydrogens (primary N) is 2. The van der Waals surface area contributed by atoms with E-state index in [0.717, 1.165) is 15.2 Å². The van der Waals surface area contributed by atoms with Crippen LogP contribution in [-0.4, -0.2) is 29.4 Å². The monoisotopic (exact) mass is 292 g/mol. The molecule has 2 aromatic rings. The summed E-state index contributed by atoms with van der Waals surface area (Å²) >= 11 is 1.60. The molecule has 0 radical (unpaired) electrons. The van der Waals surface area contributed by atoms with Gasteiger partial charge in [0.25, 0.3) is 0 Å². The van der Waals surface area contributed by atoms with Crippen LogP contribution in [0.5, 0.6) is 0 Å². The predicted molar refractivity (Wildman–Crippen MR) is 78.1 cm³/mol. The molecule has 20 heavy (non-hydrogen) atoms. The van der Waals surface area contributed by atoms with Crippen molar-refractivity contribution in [3.05, 3.63) is 29.3 Å². The Bertz CT molecular complexity index is 593. The van der Waals surface area contributed by atoms with E-state index < -0.39 is 11.9 Å². The van der Waals surface area contributed by atoms with Crippen molar-refractivity contribution in [1.29, 1.82) is 0 Å². The predicted octanol–water partition coefficient (Wildman–Crippen LogP) is 0.158. The van der Waals surface area contributed by atoms with E-state index in [1.54, 1.807) is 11.3 Å². The quantitative estimate of drug-likeness (QED) is 0.704. The third kappa shape index (κ3) is 3.75. The largest absolute Gasteiger partial charge is 0.370 e. The van der Waals surface area contributed by atoms with Crippen LogP contribution < -0.4 is 16.8 Å². The van der Waals surface area contributed by atoms with Crippen molar-refractivity contribution in [1.82, 2.24) is 10.3 Å². The average molecular weight is 292 g/mol. The third-order valence-electron chi connectivity index (χ3n) is 2.73. The van der Waals surface area contributed by atoms with Crippen molar-refractivity contribution < 1.29 is 9.59 Å². The van der Waals surface area contributed by atoms with Crippen LogP contribution in [0.1, 0.15) is 11.4 Å². The molecule has 1 unspecified atom stereocenters. The van der Waals surface area contributed by atoms with E-state index in [4.69, 9.17) is 11.5 Å². The molecule has 0 saturated heterocycles. The van der Waals surface area contributed by atoms with Gasteiger partial charge in [0, 0.05) is 13.0 Å². The second kappa shape index (κ2) is 6.44. The SMILES string of the molecule is NC(=O)CC(N)C(=O)NCCc1nc2ccccc2s1. The van der Waals surface area contributed by atoms with E-state index >= 15 is 0 Å². The number of para-hydroxylation sites is 1. The summed E-state index contributed by atoms with van der Waals surface area (Å²) in [6.07, 6.45) is 0.487. The molecule has 2 amide bonds. The van der Waals surface area contributed by atoms with Gasteiger partial charge in [-0.2, -0.15) is 0 Å². The van der Waals surface area contributed by atoms with Crippen LogP contribution >= 0.6 is 11.3 Å². The van der Waals surface area contributed by atoms with Gasteiger partial charge in [0.1, 0.15) is 0 Å². The molecule has 0 aliphatic rings. The van der Waals surface area contributed by atoms with Crippen LogP contribution in [0.15, 0.2) is 24.3 Å². The molecule has 0 fully saturated rings. The van der Waals surface area contributed by atoms with Crippen LogP contribution in [0, 0.1) is 0 Å². The molecule has 0 aliphatic heterocycles. The minimum Gasteiger partial charge on any atom is -0.370 e. The highest BCUT2D eigenvalue weighted by molar-refractivity contribution is 7.18. The first kappa shape index (κ1) is 14.4. The molecule has 0 saturated carbocycles. The van der Waals surface area contributed by atoms with Gasteiger partial charge in [-0.1, -0.05) is 12.1 Å². The second-order valence-electron chi connectivity index (χ2n) is 4.39.